The lowest BCUT2D eigenvalue weighted by Crippen LogP contribution is -2.32. The number of thiophene rings is 2. The van der Waals surface area contributed by atoms with E-state index in [1.54, 1.807) is 11.4 Å². The summed E-state index contributed by atoms with van der Waals surface area (Å²) in [4.78, 5) is 36.1. The Kier molecular flexibility index (Phi) is 6.26. The Labute approximate surface area is 172 Å². The number of nitrogens with one attached hydrogen (secondary N) is 2. The van der Waals surface area contributed by atoms with Gasteiger partial charge in [-0.3, -0.25) is 14.4 Å². The van der Waals surface area contributed by atoms with E-state index in [9.17, 15) is 14.4 Å². The number of fused-ring (bicyclic) bond motifs is 1. The van der Waals surface area contributed by atoms with Crippen molar-refractivity contribution in [2.75, 3.05) is 18.5 Å². The van der Waals surface area contributed by atoms with Gasteiger partial charge in [-0.1, -0.05) is 29.8 Å². The molecule has 0 atom stereocenters. The summed E-state index contributed by atoms with van der Waals surface area (Å²) < 4.78 is 5.69. The summed E-state index contributed by atoms with van der Waals surface area (Å²) in [6.45, 7) is -0.930. The third kappa shape index (κ3) is 4.48. The molecule has 3 aromatic rings. The molecule has 0 aliphatic carbocycles. The van der Waals surface area contributed by atoms with Gasteiger partial charge in [0, 0.05) is 10.1 Å². The summed E-state index contributed by atoms with van der Waals surface area (Å²) in [5.41, 5.74) is 0.331. The third-order valence-electron chi connectivity index (χ3n) is 3.54. The minimum atomic E-state index is -0.771. The Morgan fingerprint density at radius 3 is 2.75 bits per heavy atom. The number of halogens is 1. The van der Waals surface area contributed by atoms with Gasteiger partial charge in [-0.15, -0.1) is 22.7 Å². The van der Waals surface area contributed by atoms with Gasteiger partial charge in [0.1, 0.15) is 22.5 Å². The number of anilines is 1. The normalized spacial score (nSPS) is 10.3. The van der Waals surface area contributed by atoms with Crippen molar-refractivity contribution in [3.8, 4) is 6.07 Å². The van der Waals surface area contributed by atoms with Crippen molar-refractivity contribution in [2.45, 2.75) is 0 Å². The van der Waals surface area contributed by atoms with Crippen LogP contribution < -0.4 is 10.6 Å². The highest BCUT2D eigenvalue weighted by molar-refractivity contribution is 7.21. The summed E-state index contributed by atoms with van der Waals surface area (Å²) in [6.07, 6.45) is 0. The zero-order valence-corrected chi connectivity index (χ0v) is 16.5. The molecule has 2 aromatic heterocycles. The quantitative estimate of drug-likeness (QED) is 0.579. The Bertz CT molecular complexity index is 1100. The fourth-order valence-corrected chi connectivity index (χ4v) is 4.43. The topological polar surface area (TPSA) is 108 Å². The summed E-state index contributed by atoms with van der Waals surface area (Å²) in [5.74, 6) is -1.84. The summed E-state index contributed by atoms with van der Waals surface area (Å²) in [7, 11) is 0. The van der Waals surface area contributed by atoms with E-state index >= 15 is 0 Å². The molecule has 10 heteroatoms. The lowest BCUT2D eigenvalue weighted by Gasteiger charge is -2.06. The zero-order chi connectivity index (χ0) is 20.1. The van der Waals surface area contributed by atoms with Gasteiger partial charge >= 0.3 is 5.97 Å². The molecule has 0 fully saturated rings. The van der Waals surface area contributed by atoms with Crippen molar-refractivity contribution in [2.24, 2.45) is 0 Å². The van der Waals surface area contributed by atoms with Crippen LogP contribution in [-0.2, 0) is 14.3 Å². The first kappa shape index (κ1) is 19.8. The molecule has 1 aromatic carbocycles. The second-order valence-electron chi connectivity index (χ2n) is 5.41. The van der Waals surface area contributed by atoms with Gasteiger partial charge in [0.2, 0.25) is 0 Å². The molecule has 0 aliphatic rings. The molecule has 3 rings (SSSR count). The average molecular weight is 434 g/mol. The first-order valence-corrected chi connectivity index (χ1v) is 9.95. The van der Waals surface area contributed by atoms with Crippen molar-refractivity contribution in [3.63, 3.8) is 0 Å². The number of amides is 2. The predicted molar refractivity (Wildman–Crippen MR) is 108 cm³/mol. The van der Waals surface area contributed by atoms with Crippen molar-refractivity contribution < 1.29 is 19.1 Å². The highest BCUT2D eigenvalue weighted by Crippen LogP contribution is 2.34. The number of benzene rings is 1. The number of nitrogens with zero attached hydrogens (tertiary/aromatic N) is 1. The number of ether oxygens (including phenoxy) is 1. The lowest BCUT2D eigenvalue weighted by molar-refractivity contribution is -0.146. The molecule has 2 heterocycles. The van der Waals surface area contributed by atoms with Crippen LogP contribution in [0.4, 0.5) is 5.00 Å². The minimum Gasteiger partial charge on any atom is -0.454 e. The monoisotopic (exact) mass is 433 g/mol. The Morgan fingerprint density at radius 1 is 1.21 bits per heavy atom. The van der Waals surface area contributed by atoms with Crippen molar-refractivity contribution in [1.29, 1.82) is 5.26 Å². The summed E-state index contributed by atoms with van der Waals surface area (Å²) in [5, 5.41) is 16.9. The lowest BCUT2D eigenvalue weighted by atomic mass is 10.2. The van der Waals surface area contributed by atoms with E-state index in [1.807, 2.05) is 30.3 Å². The molecule has 142 valence electrons. The standard InChI is InChI=1S/C18H12ClN3O4S2/c19-15-11-3-1-2-4-12(11)28-16(15)17(25)21-8-14(24)26-9-13(23)22-18-10(7-20)5-6-27-18/h1-6H,8-9H2,(H,21,25)(H,22,23). The van der Waals surface area contributed by atoms with Crippen LogP contribution in [0.2, 0.25) is 5.02 Å². The van der Waals surface area contributed by atoms with E-state index in [0.29, 0.717) is 20.5 Å². The van der Waals surface area contributed by atoms with Gasteiger partial charge in [-0.25, -0.2) is 0 Å². The van der Waals surface area contributed by atoms with Crippen molar-refractivity contribution in [3.05, 3.63) is 51.2 Å². The van der Waals surface area contributed by atoms with Crippen LogP contribution in [0.5, 0.6) is 0 Å². The first-order chi connectivity index (χ1) is 13.5. The highest BCUT2D eigenvalue weighted by Gasteiger charge is 2.18. The molecule has 0 saturated carbocycles. The molecule has 0 bridgehead atoms. The van der Waals surface area contributed by atoms with Gasteiger partial charge in [0.25, 0.3) is 11.8 Å². The first-order valence-electron chi connectivity index (χ1n) is 7.88. The van der Waals surface area contributed by atoms with Crippen LogP contribution in [0, 0.1) is 11.3 Å². The number of esters is 1. The van der Waals surface area contributed by atoms with Gasteiger partial charge in [0.15, 0.2) is 6.61 Å². The molecular formula is C18H12ClN3O4S2. The number of carbonyl (C=O) groups is 3. The SMILES string of the molecule is N#Cc1ccsc1NC(=O)COC(=O)CNC(=O)c1sc2ccccc2c1Cl. The molecule has 2 N–H and O–H groups in total. The van der Waals surface area contributed by atoms with Crippen LogP contribution in [0.1, 0.15) is 15.2 Å². The Balaban J connectivity index is 1.48. The predicted octanol–water partition coefficient (Wildman–Crippen LogP) is 3.40. The highest BCUT2D eigenvalue weighted by atomic mass is 35.5. The van der Waals surface area contributed by atoms with Crippen LogP contribution in [-0.4, -0.2) is 30.9 Å². The van der Waals surface area contributed by atoms with Gasteiger partial charge in [-0.2, -0.15) is 5.26 Å². The van der Waals surface area contributed by atoms with Gasteiger partial charge < -0.3 is 15.4 Å². The zero-order valence-electron chi connectivity index (χ0n) is 14.2. The smallest absolute Gasteiger partial charge is 0.325 e. The maximum Gasteiger partial charge on any atom is 0.325 e. The largest absolute Gasteiger partial charge is 0.454 e. The Hall–Kier alpha value is -2.93. The number of rotatable bonds is 6. The molecule has 0 unspecified atom stereocenters. The second kappa shape index (κ2) is 8.84. The number of hydrogen-bond donors (Lipinski definition) is 2. The van der Waals surface area contributed by atoms with Crippen molar-refractivity contribution >= 4 is 67.1 Å². The van der Waals surface area contributed by atoms with Crippen LogP contribution >= 0.6 is 34.3 Å². The van der Waals surface area contributed by atoms with E-state index in [-0.39, 0.29) is 0 Å². The number of hydrogen-bond acceptors (Lipinski definition) is 7. The van der Waals surface area contributed by atoms with E-state index in [1.165, 1.54) is 22.7 Å². The Morgan fingerprint density at radius 2 is 2.00 bits per heavy atom. The third-order valence-corrected chi connectivity index (χ3v) is 6.04. The molecular weight excluding hydrogens is 422 g/mol. The fourth-order valence-electron chi connectivity index (χ4n) is 2.25. The van der Waals surface area contributed by atoms with Gasteiger partial charge in [0.05, 0.1) is 10.6 Å². The maximum atomic E-state index is 12.3. The molecule has 28 heavy (non-hydrogen) atoms. The fraction of sp³-hybridized carbons (Fsp3) is 0.111. The number of carbonyl (C=O) groups excluding carboxylic acids is 3. The van der Waals surface area contributed by atoms with E-state index < -0.39 is 30.9 Å². The molecule has 2 amide bonds. The molecule has 7 nitrogen and oxygen atoms in total. The van der Waals surface area contributed by atoms with Crippen LogP contribution in [0.3, 0.4) is 0 Å². The van der Waals surface area contributed by atoms with E-state index in [4.69, 9.17) is 21.6 Å². The van der Waals surface area contributed by atoms with E-state index in [0.717, 1.165) is 10.1 Å². The van der Waals surface area contributed by atoms with Crippen molar-refractivity contribution in [1.82, 2.24) is 5.32 Å². The van der Waals surface area contributed by atoms with Crippen LogP contribution in [0.15, 0.2) is 35.7 Å². The average Bonchev–Trinajstić information content (AvgIpc) is 3.28. The minimum absolute atomic E-state index is 0.301. The molecule has 0 radical (unpaired) electrons. The second-order valence-corrected chi connectivity index (χ2v) is 7.75. The number of nitriles is 1. The molecule has 0 aliphatic heterocycles. The van der Waals surface area contributed by atoms with Gasteiger partial charge in [-0.05, 0) is 17.5 Å². The molecule has 0 spiro atoms. The van der Waals surface area contributed by atoms with E-state index in [2.05, 4.69) is 10.6 Å². The van der Waals surface area contributed by atoms with Crippen LogP contribution in [0.25, 0.3) is 10.1 Å². The molecule has 0 saturated heterocycles. The summed E-state index contributed by atoms with van der Waals surface area (Å²) in [6, 6.07) is 10.8. The summed E-state index contributed by atoms with van der Waals surface area (Å²) >= 11 is 8.63. The maximum absolute atomic E-state index is 12.3.